The molecule has 5 heteroatoms. The Morgan fingerprint density at radius 3 is 2.24 bits per heavy atom. The Kier molecular flexibility index (Phi) is 4.76. The second kappa shape index (κ2) is 6.22. The van der Waals surface area contributed by atoms with Crippen LogP contribution in [0.25, 0.3) is 0 Å². The van der Waals surface area contributed by atoms with E-state index in [0.29, 0.717) is 5.92 Å². The van der Waals surface area contributed by atoms with Crippen LogP contribution < -0.4 is 11.3 Å². The lowest BCUT2D eigenvalue weighted by molar-refractivity contribution is 0.588. The van der Waals surface area contributed by atoms with Gasteiger partial charge in [-0.2, -0.15) is 0 Å². The average Bonchev–Trinajstić information content (AvgIpc) is 2.88. The van der Waals surface area contributed by atoms with Crippen molar-refractivity contribution in [2.75, 3.05) is 0 Å². The molecule has 2 rings (SSSR count). The van der Waals surface area contributed by atoms with Crippen LogP contribution in [0.5, 0.6) is 0 Å². The standard InChI is InChI=1S/C16H24N4S/c1-10(2)13-15(21-20-19-13)14(18-17)11-6-8-12(9-7-11)16(3,4)5/h6-10,14,18H,17H2,1-5H3. The van der Waals surface area contributed by atoms with Crippen molar-refractivity contribution in [3.05, 3.63) is 46.0 Å². The van der Waals surface area contributed by atoms with E-state index in [2.05, 4.69) is 73.9 Å². The van der Waals surface area contributed by atoms with Gasteiger partial charge in [0, 0.05) is 0 Å². The first-order chi connectivity index (χ1) is 9.84. The Morgan fingerprint density at radius 2 is 1.76 bits per heavy atom. The summed E-state index contributed by atoms with van der Waals surface area (Å²) in [5.41, 5.74) is 6.52. The predicted molar refractivity (Wildman–Crippen MR) is 88.3 cm³/mol. The Labute approximate surface area is 130 Å². The Morgan fingerprint density at radius 1 is 1.14 bits per heavy atom. The molecule has 0 spiro atoms. The lowest BCUT2D eigenvalue weighted by Crippen LogP contribution is -2.29. The number of aromatic nitrogens is 2. The fraction of sp³-hybridized carbons (Fsp3) is 0.500. The van der Waals surface area contributed by atoms with Crippen LogP contribution in [0.1, 0.15) is 68.3 Å². The molecule has 114 valence electrons. The van der Waals surface area contributed by atoms with Crippen LogP contribution in [0.4, 0.5) is 0 Å². The first-order valence-electron chi connectivity index (χ1n) is 7.23. The fourth-order valence-corrected chi connectivity index (χ4v) is 3.20. The van der Waals surface area contributed by atoms with Gasteiger partial charge in [0.1, 0.15) is 0 Å². The zero-order valence-electron chi connectivity index (χ0n) is 13.3. The Bertz CT molecular complexity index is 581. The van der Waals surface area contributed by atoms with Gasteiger partial charge in [0.05, 0.1) is 16.6 Å². The molecule has 3 N–H and O–H groups in total. The van der Waals surface area contributed by atoms with E-state index >= 15 is 0 Å². The third-order valence-corrected chi connectivity index (χ3v) is 4.43. The molecule has 1 aromatic carbocycles. The Balaban J connectivity index is 2.36. The number of nitrogens with zero attached hydrogens (tertiary/aromatic N) is 2. The largest absolute Gasteiger partial charge is 0.271 e. The van der Waals surface area contributed by atoms with Crippen molar-refractivity contribution < 1.29 is 0 Å². The third kappa shape index (κ3) is 3.48. The highest BCUT2D eigenvalue weighted by molar-refractivity contribution is 7.05. The van der Waals surface area contributed by atoms with E-state index in [1.807, 2.05) is 0 Å². The zero-order valence-corrected chi connectivity index (χ0v) is 14.2. The summed E-state index contributed by atoms with van der Waals surface area (Å²) in [6, 6.07) is 8.55. The smallest absolute Gasteiger partial charge is 0.0837 e. The molecule has 1 heterocycles. The van der Waals surface area contributed by atoms with E-state index in [4.69, 9.17) is 5.84 Å². The minimum atomic E-state index is -0.0589. The normalized spacial score (nSPS) is 13.7. The van der Waals surface area contributed by atoms with Gasteiger partial charge in [-0.1, -0.05) is 63.4 Å². The summed E-state index contributed by atoms with van der Waals surface area (Å²) in [6.45, 7) is 10.9. The van der Waals surface area contributed by atoms with Crippen LogP contribution in [-0.4, -0.2) is 9.59 Å². The van der Waals surface area contributed by atoms with Crippen LogP contribution >= 0.6 is 11.5 Å². The van der Waals surface area contributed by atoms with Gasteiger partial charge in [-0.05, 0) is 34.0 Å². The first-order valence-corrected chi connectivity index (χ1v) is 8.00. The molecule has 1 atom stereocenters. The highest BCUT2D eigenvalue weighted by Gasteiger charge is 2.22. The average molecular weight is 304 g/mol. The number of nitrogens with two attached hydrogens (primary N) is 1. The summed E-state index contributed by atoms with van der Waals surface area (Å²) in [5.74, 6) is 6.13. The van der Waals surface area contributed by atoms with Gasteiger partial charge in [0.25, 0.3) is 0 Å². The molecule has 0 bridgehead atoms. The van der Waals surface area contributed by atoms with E-state index in [1.54, 1.807) is 0 Å². The van der Waals surface area contributed by atoms with E-state index < -0.39 is 0 Å². The molecule has 0 aliphatic rings. The van der Waals surface area contributed by atoms with Gasteiger partial charge >= 0.3 is 0 Å². The SMILES string of the molecule is CC(C)c1nnsc1C(NN)c1ccc(C(C)(C)C)cc1. The second-order valence-corrected chi connectivity index (χ2v) is 7.43. The van der Waals surface area contributed by atoms with E-state index in [9.17, 15) is 0 Å². The molecule has 2 aromatic rings. The molecule has 4 nitrogen and oxygen atoms in total. The summed E-state index contributed by atoms with van der Waals surface area (Å²) < 4.78 is 4.09. The minimum absolute atomic E-state index is 0.0589. The van der Waals surface area contributed by atoms with E-state index in [-0.39, 0.29) is 11.5 Å². The fourth-order valence-electron chi connectivity index (χ4n) is 2.30. The van der Waals surface area contributed by atoms with Crippen LogP contribution in [0.3, 0.4) is 0 Å². The summed E-state index contributed by atoms with van der Waals surface area (Å²) in [7, 11) is 0. The quantitative estimate of drug-likeness (QED) is 0.670. The number of hydrogen-bond acceptors (Lipinski definition) is 5. The molecular formula is C16H24N4S. The van der Waals surface area contributed by atoms with Gasteiger partial charge in [0.2, 0.25) is 0 Å². The number of hydrogen-bond donors (Lipinski definition) is 2. The van der Waals surface area contributed by atoms with Gasteiger partial charge in [-0.3, -0.25) is 5.84 Å². The maximum atomic E-state index is 5.79. The number of hydrazine groups is 1. The molecule has 21 heavy (non-hydrogen) atoms. The molecule has 0 saturated carbocycles. The monoisotopic (exact) mass is 304 g/mol. The molecule has 0 aliphatic heterocycles. The van der Waals surface area contributed by atoms with Crippen LogP contribution in [-0.2, 0) is 5.41 Å². The summed E-state index contributed by atoms with van der Waals surface area (Å²) >= 11 is 1.41. The molecule has 1 unspecified atom stereocenters. The van der Waals surface area contributed by atoms with Crippen molar-refractivity contribution in [1.82, 2.24) is 15.0 Å². The molecular weight excluding hydrogens is 280 g/mol. The molecule has 0 amide bonds. The van der Waals surface area contributed by atoms with Crippen LogP contribution in [0.2, 0.25) is 0 Å². The third-order valence-electron chi connectivity index (χ3n) is 3.63. The van der Waals surface area contributed by atoms with E-state index in [0.717, 1.165) is 16.1 Å². The highest BCUT2D eigenvalue weighted by atomic mass is 32.1. The lowest BCUT2D eigenvalue weighted by atomic mass is 9.86. The van der Waals surface area contributed by atoms with Crippen molar-refractivity contribution in [3.63, 3.8) is 0 Å². The predicted octanol–water partition coefficient (Wildman–Crippen LogP) is 3.51. The van der Waals surface area contributed by atoms with Crippen LogP contribution in [0, 0.1) is 0 Å². The second-order valence-electron chi connectivity index (χ2n) is 6.65. The van der Waals surface area contributed by atoms with Crippen molar-refractivity contribution in [2.45, 2.75) is 52.0 Å². The van der Waals surface area contributed by atoms with Gasteiger partial charge in [-0.25, -0.2) is 5.43 Å². The molecule has 0 aliphatic carbocycles. The number of rotatable bonds is 4. The maximum Gasteiger partial charge on any atom is 0.0837 e. The molecule has 0 saturated heterocycles. The van der Waals surface area contributed by atoms with E-state index in [1.165, 1.54) is 17.1 Å². The van der Waals surface area contributed by atoms with Crippen molar-refractivity contribution in [1.29, 1.82) is 0 Å². The lowest BCUT2D eigenvalue weighted by Gasteiger charge is -2.21. The first kappa shape index (κ1) is 16.1. The van der Waals surface area contributed by atoms with Crippen molar-refractivity contribution in [2.24, 2.45) is 5.84 Å². The van der Waals surface area contributed by atoms with Crippen molar-refractivity contribution in [3.8, 4) is 0 Å². The minimum Gasteiger partial charge on any atom is -0.271 e. The van der Waals surface area contributed by atoms with Crippen molar-refractivity contribution >= 4 is 11.5 Å². The van der Waals surface area contributed by atoms with Gasteiger partial charge in [-0.15, -0.1) is 5.10 Å². The zero-order chi connectivity index (χ0) is 15.6. The molecule has 0 fully saturated rings. The van der Waals surface area contributed by atoms with Gasteiger partial charge in [0.15, 0.2) is 0 Å². The van der Waals surface area contributed by atoms with Crippen LogP contribution in [0.15, 0.2) is 24.3 Å². The summed E-state index contributed by atoms with van der Waals surface area (Å²) in [4.78, 5) is 1.09. The Hall–Kier alpha value is -1.30. The molecule has 1 aromatic heterocycles. The summed E-state index contributed by atoms with van der Waals surface area (Å²) in [5, 5.41) is 4.24. The molecule has 0 radical (unpaired) electrons. The maximum absolute atomic E-state index is 5.79. The number of benzene rings is 1. The topological polar surface area (TPSA) is 63.8 Å². The highest BCUT2D eigenvalue weighted by Crippen LogP contribution is 2.31. The van der Waals surface area contributed by atoms with Gasteiger partial charge < -0.3 is 0 Å². The summed E-state index contributed by atoms with van der Waals surface area (Å²) in [6.07, 6.45) is 0. The number of nitrogens with one attached hydrogen (secondary N) is 1.